The molecule has 0 aliphatic carbocycles. The third kappa shape index (κ3) is 3.64. The molecule has 152 valence electrons. The highest BCUT2D eigenvalue weighted by atomic mass is 16.5. The topological polar surface area (TPSA) is 71.1 Å². The minimum atomic E-state index is -0.182. The molecule has 0 aliphatic rings. The van der Waals surface area contributed by atoms with Crippen molar-refractivity contribution in [3.8, 4) is 16.9 Å². The van der Waals surface area contributed by atoms with E-state index in [9.17, 15) is 4.79 Å². The second kappa shape index (κ2) is 8.37. The van der Waals surface area contributed by atoms with Crippen molar-refractivity contribution in [2.24, 2.45) is 0 Å². The Hall–Kier alpha value is -3.67. The number of carbonyl (C=O) groups excluding carboxylic acids is 1. The Balaban J connectivity index is 1.65. The van der Waals surface area contributed by atoms with Crippen molar-refractivity contribution in [3.05, 3.63) is 78.2 Å². The second-order valence-electron chi connectivity index (χ2n) is 7.16. The molecule has 0 radical (unpaired) electrons. The Morgan fingerprint density at radius 2 is 1.93 bits per heavy atom. The number of hydrogen-bond donors (Lipinski definition) is 1. The smallest absolute Gasteiger partial charge is 0.254 e. The van der Waals surface area contributed by atoms with E-state index < -0.39 is 0 Å². The minimum Gasteiger partial charge on any atom is -0.493 e. The van der Waals surface area contributed by atoms with E-state index >= 15 is 0 Å². The van der Waals surface area contributed by atoms with Crippen LogP contribution in [0.25, 0.3) is 22.0 Å². The molecular formula is C24H24N4O2. The van der Waals surface area contributed by atoms with Crippen LogP contribution in [0.4, 0.5) is 0 Å². The molecule has 30 heavy (non-hydrogen) atoms. The van der Waals surface area contributed by atoms with E-state index in [1.165, 1.54) is 0 Å². The van der Waals surface area contributed by atoms with E-state index in [0.717, 1.165) is 27.6 Å². The average molecular weight is 400 g/mol. The van der Waals surface area contributed by atoms with Gasteiger partial charge in [0.25, 0.3) is 5.91 Å². The number of fused-ring (bicyclic) bond motifs is 1. The molecular weight excluding hydrogens is 376 g/mol. The lowest BCUT2D eigenvalue weighted by Crippen LogP contribution is -2.30. The largest absolute Gasteiger partial charge is 0.493 e. The van der Waals surface area contributed by atoms with Gasteiger partial charge in [0, 0.05) is 41.5 Å². The molecule has 4 aromatic rings. The van der Waals surface area contributed by atoms with Crippen LogP contribution in [-0.4, -0.2) is 39.6 Å². The van der Waals surface area contributed by atoms with Gasteiger partial charge in [0.1, 0.15) is 5.75 Å². The van der Waals surface area contributed by atoms with Crippen LogP contribution in [0.5, 0.6) is 5.75 Å². The lowest BCUT2D eigenvalue weighted by atomic mass is 10.0. The molecule has 0 saturated heterocycles. The van der Waals surface area contributed by atoms with Crippen molar-refractivity contribution in [1.29, 1.82) is 0 Å². The lowest BCUT2D eigenvalue weighted by Gasteiger charge is -2.26. The number of aromatic amines is 1. The maximum Gasteiger partial charge on any atom is 0.254 e. The number of aromatic nitrogens is 3. The van der Waals surface area contributed by atoms with Crippen LogP contribution in [0.15, 0.2) is 67.1 Å². The zero-order chi connectivity index (χ0) is 21.1. The zero-order valence-corrected chi connectivity index (χ0v) is 17.3. The van der Waals surface area contributed by atoms with Crippen LogP contribution in [0.1, 0.15) is 35.8 Å². The molecule has 0 fully saturated rings. The summed E-state index contributed by atoms with van der Waals surface area (Å²) in [4.78, 5) is 19.3. The number of hydrogen-bond acceptors (Lipinski definition) is 4. The summed E-state index contributed by atoms with van der Waals surface area (Å²) in [5.74, 6) is 0.618. The Kier molecular flexibility index (Phi) is 5.48. The van der Waals surface area contributed by atoms with Gasteiger partial charge in [0.2, 0.25) is 0 Å². The molecule has 2 aromatic carbocycles. The number of rotatable bonds is 6. The first kappa shape index (κ1) is 19.6. The van der Waals surface area contributed by atoms with Gasteiger partial charge in [0.15, 0.2) is 0 Å². The van der Waals surface area contributed by atoms with Crippen LogP contribution in [-0.2, 0) is 0 Å². The van der Waals surface area contributed by atoms with Crippen LogP contribution >= 0.6 is 0 Å². The summed E-state index contributed by atoms with van der Waals surface area (Å²) < 4.78 is 5.86. The van der Waals surface area contributed by atoms with Crippen molar-refractivity contribution < 1.29 is 9.53 Å². The third-order valence-electron chi connectivity index (χ3n) is 5.35. The van der Waals surface area contributed by atoms with Gasteiger partial charge in [-0.3, -0.25) is 14.9 Å². The molecule has 1 atom stereocenters. The molecule has 2 aromatic heterocycles. The van der Waals surface area contributed by atoms with Crippen molar-refractivity contribution in [2.75, 3.05) is 13.7 Å². The number of ether oxygens (including phenoxy) is 1. The van der Waals surface area contributed by atoms with E-state index in [1.807, 2.05) is 62.4 Å². The Morgan fingerprint density at radius 1 is 1.13 bits per heavy atom. The maximum atomic E-state index is 13.3. The fourth-order valence-electron chi connectivity index (χ4n) is 3.58. The molecule has 0 spiro atoms. The van der Waals surface area contributed by atoms with E-state index in [0.29, 0.717) is 17.9 Å². The quantitative estimate of drug-likeness (QED) is 0.502. The molecule has 4 rings (SSSR count). The van der Waals surface area contributed by atoms with Gasteiger partial charge >= 0.3 is 0 Å². The zero-order valence-electron chi connectivity index (χ0n) is 17.3. The highest BCUT2D eigenvalue weighted by molar-refractivity contribution is 5.96. The molecule has 6 nitrogen and oxygen atoms in total. The van der Waals surface area contributed by atoms with E-state index in [1.54, 1.807) is 30.5 Å². The molecule has 0 aliphatic heterocycles. The summed E-state index contributed by atoms with van der Waals surface area (Å²) in [6.45, 7) is 4.45. The third-order valence-corrected chi connectivity index (χ3v) is 5.35. The van der Waals surface area contributed by atoms with Gasteiger partial charge in [-0.15, -0.1) is 0 Å². The predicted molar refractivity (Wildman–Crippen MR) is 117 cm³/mol. The SMILES string of the molecule is CCOc1cc(C(=O)N(C)C(C)c2cncc3cn[nH]c23)ccc1-c1ccccc1. The Morgan fingerprint density at radius 3 is 2.70 bits per heavy atom. The van der Waals surface area contributed by atoms with Gasteiger partial charge in [-0.25, -0.2) is 0 Å². The summed E-state index contributed by atoms with van der Waals surface area (Å²) in [5.41, 5.74) is 4.42. The molecule has 2 heterocycles. The Labute approximate surface area is 175 Å². The number of nitrogens with zero attached hydrogens (tertiary/aromatic N) is 3. The first-order chi connectivity index (χ1) is 14.6. The molecule has 6 heteroatoms. The summed E-state index contributed by atoms with van der Waals surface area (Å²) in [6.07, 6.45) is 5.27. The van der Waals surface area contributed by atoms with Crippen molar-refractivity contribution in [3.63, 3.8) is 0 Å². The number of carbonyl (C=O) groups is 1. The predicted octanol–water partition coefficient (Wildman–Crippen LogP) is 4.86. The first-order valence-corrected chi connectivity index (χ1v) is 9.96. The average Bonchev–Trinajstić information content (AvgIpc) is 3.27. The molecule has 1 N–H and O–H groups in total. The summed E-state index contributed by atoms with van der Waals surface area (Å²) in [7, 11) is 1.80. The van der Waals surface area contributed by atoms with Crippen molar-refractivity contribution in [1.82, 2.24) is 20.1 Å². The Bertz CT molecular complexity index is 1170. The number of amides is 1. The lowest BCUT2D eigenvalue weighted by molar-refractivity contribution is 0.0743. The van der Waals surface area contributed by atoms with Crippen LogP contribution in [0.3, 0.4) is 0 Å². The standard InChI is InChI=1S/C24H24N4O2/c1-4-30-22-12-18(10-11-20(22)17-8-6-5-7-9-17)24(29)28(3)16(2)21-15-25-13-19-14-26-27-23(19)21/h5-16H,4H2,1-3H3,(H,26,27). The minimum absolute atomic E-state index is 0.0837. The monoisotopic (exact) mass is 400 g/mol. The van der Waals surface area contributed by atoms with Gasteiger partial charge in [-0.2, -0.15) is 5.10 Å². The van der Waals surface area contributed by atoms with E-state index in [4.69, 9.17) is 4.74 Å². The van der Waals surface area contributed by atoms with Gasteiger partial charge in [0.05, 0.1) is 24.4 Å². The van der Waals surface area contributed by atoms with Gasteiger partial charge in [-0.05, 0) is 37.6 Å². The summed E-state index contributed by atoms with van der Waals surface area (Å²) in [6, 6.07) is 15.5. The van der Waals surface area contributed by atoms with Crippen molar-refractivity contribution >= 4 is 16.8 Å². The second-order valence-corrected chi connectivity index (χ2v) is 7.16. The molecule has 1 amide bonds. The first-order valence-electron chi connectivity index (χ1n) is 9.96. The van der Waals surface area contributed by atoms with E-state index in [2.05, 4.69) is 15.2 Å². The molecule has 0 bridgehead atoms. The summed E-state index contributed by atoms with van der Waals surface area (Å²) in [5, 5.41) is 8.02. The molecule has 1 unspecified atom stereocenters. The fraction of sp³-hybridized carbons (Fsp3) is 0.208. The normalized spacial score (nSPS) is 12.0. The van der Waals surface area contributed by atoms with E-state index in [-0.39, 0.29) is 11.9 Å². The number of pyridine rings is 1. The number of H-pyrrole nitrogens is 1. The number of benzene rings is 2. The van der Waals surface area contributed by atoms with Crippen LogP contribution < -0.4 is 4.74 Å². The maximum absolute atomic E-state index is 13.3. The molecule has 0 saturated carbocycles. The highest BCUT2D eigenvalue weighted by Gasteiger charge is 2.22. The number of nitrogens with one attached hydrogen (secondary N) is 1. The summed E-state index contributed by atoms with van der Waals surface area (Å²) >= 11 is 0. The van der Waals surface area contributed by atoms with Crippen LogP contribution in [0, 0.1) is 0 Å². The van der Waals surface area contributed by atoms with Crippen molar-refractivity contribution in [2.45, 2.75) is 19.9 Å². The van der Waals surface area contributed by atoms with Gasteiger partial charge < -0.3 is 9.64 Å². The van der Waals surface area contributed by atoms with Gasteiger partial charge in [-0.1, -0.05) is 30.3 Å². The highest BCUT2D eigenvalue weighted by Crippen LogP contribution is 2.32. The fourth-order valence-corrected chi connectivity index (χ4v) is 3.58. The van der Waals surface area contributed by atoms with Crippen LogP contribution in [0.2, 0.25) is 0 Å².